The lowest BCUT2D eigenvalue weighted by molar-refractivity contribution is 0.326. The number of thiazole rings is 1. The van der Waals surface area contributed by atoms with Gasteiger partial charge in [-0.05, 0) is 24.3 Å². The van der Waals surface area contributed by atoms with Crippen molar-refractivity contribution in [2.75, 3.05) is 13.1 Å². The molecule has 0 unspecified atom stereocenters. The SMILES string of the molecule is C=CCN(CC#Cc1ccccc1)Cc1cccn1-c1nccs1. The maximum Gasteiger partial charge on any atom is 0.193 e. The Morgan fingerprint density at radius 2 is 2.08 bits per heavy atom. The number of aromatic nitrogens is 2. The van der Waals surface area contributed by atoms with Gasteiger partial charge in [0.2, 0.25) is 0 Å². The Morgan fingerprint density at radius 3 is 2.83 bits per heavy atom. The minimum Gasteiger partial charge on any atom is -0.296 e. The molecule has 24 heavy (non-hydrogen) atoms. The summed E-state index contributed by atoms with van der Waals surface area (Å²) >= 11 is 1.64. The molecule has 0 aliphatic carbocycles. The molecule has 0 fully saturated rings. The summed E-state index contributed by atoms with van der Waals surface area (Å²) in [6, 6.07) is 14.2. The average Bonchev–Trinajstić information content (AvgIpc) is 3.27. The smallest absolute Gasteiger partial charge is 0.193 e. The Kier molecular flexibility index (Phi) is 5.62. The third-order valence-corrected chi connectivity index (χ3v) is 4.31. The summed E-state index contributed by atoms with van der Waals surface area (Å²) in [6.07, 6.45) is 5.80. The van der Waals surface area contributed by atoms with Crippen LogP contribution in [0.15, 0.2) is 72.9 Å². The molecule has 0 spiro atoms. The van der Waals surface area contributed by atoms with Gasteiger partial charge in [-0.1, -0.05) is 36.1 Å². The zero-order chi connectivity index (χ0) is 16.6. The lowest BCUT2D eigenvalue weighted by Crippen LogP contribution is -2.25. The van der Waals surface area contributed by atoms with E-state index in [2.05, 4.69) is 51.2 Å². The van der Waals surface area contributed by atoms with Crippen LogP contribution in [-0.2, 0) is 6.54 Å². The number of hydrogen-bond donors (Lipinski definition) is 0. The molecule has 120 valence electrons. The van der Waals surface area contributed by atoms with Crippen LogP contribution >= 0.6 is 11.3 Å². The Hall–Kier alpha value is -2.61. The van der Waals surface area contributed by atoms with Gasteiger partial charge in [-0.2, -0.15) is 0 Å². The van der Waals surface area contributed by atoms with Crippen LogP contribution in [0.4, 0.5) is 0 Å². The third kappa shape index (κ3) is 4.23. The third-order valence-electron chi connectivity index (χ3n) is 3.54. The van der Waals surface area contributed by atoms with E-state index >= 15 is 0 Å². The second-order valence-electron chi connectivity index (χ2n) is 5.31. The van der Waals surface area contributed by atoms with Crippen molar-refractivity contribution in [1.29, 1.82) is 0 Å². The normalized spacial score (nSPS) is 10.4. The Bertz CT molecular complexity index is 823. The van der Waals surface area contributed by atoms with Crippen molar-refractivity contribution < 1.29 is 0 Å². The van der Waals surface area contributed by atoms with E-state index in [1.54, 1.807) is 11.3 Å². The quantitative estimate of drug-likeness (QED) is 0.503. The number of benzene rings is 1. The van der Waals surface area contributed by atoms with Gasteiger partial charge in [0, 0.05) is 42.1 Å². The van der Waals surface area contributed by atoms with E-state index in [0.29, 0.717) is 6.54 Å². The molecule has 3 aromatic rings. The first-order valence-electron chi connectivity index (χ1n) is 7.80. The maximum atomic E-state index is 4.39. The van der Waals surface area contributed by atoms with Crippen LogP contribution in [0.5, 0.6) is 0 Å². The van der Waals surface area contributed by atoms with Crippen molar-refractivity contribution in [3.05, 3.63) is 84.2 Å². The van der Waals surface area contributed by atoms with Crippen molar-refractivity contribution in [2.24, 2.45) is 0 Å². The van der Waals surface area contributed by atoms with Crippen molar-refractivity contribution in [3.8, 4) is 17.0 Å². The van der Waals surface area contributed by atoms with Crippen LogP contribution in [0.3, 0.4) is 0 Å². The summed E-state index contributed by atoms with van der Waals surface area (Å²) in [5.74, 6) is 6.47. The number of nitrogens with zero attached hydrogens (tertiary/aromatic N) is 3. The van der Waals surface area contributed by atoms with E-state index in [1.807, 2.05) is 48.0 Å². The molecule has 0 aliphatic heterocycles. The lowest BCUT2D eigenvalue weighted by atomic mass is 10.2. The van der Waals surface area contributed by atoms with Gasteiger partial charge in [-0.3, -0.25) is 9.47 Å². The van der Waals surface area contributed by atoms with E-state index in [1.165, 1.54) is 5.69 Å². The van der Waals surface area contributed by atoms with Gasteiger partial charge in [-0.15, -0.1) is 17.9 Å². The van der Waals surface area contributed by atoms with Gasteiger partial charge in [0.15, 0.2) is 5.13 Å². The van der Waals surface area contributed by atoms with E-state index in [9.17, 15) is 0 Å². The molecule has 0 atom stereocenters. The Morgan fingerprint density at radius 1 is 1.21 bits per heavy atom. The summed E-state index contributed by atoms with van der Waals surface area (Å²) < 4.78 is 2.13. The molecule has 0 radical (unpaired) electrons. The fourth-order valence-electron chi connectivity index (χ4n) is 2.44. The van der Waals surface area contributed by atoms with Crippen LogP contribution in [-0.4, -0.2) is 27.5 Å². The van der Waals surface area contributed by atoms with Gasteiger partial charge in [-0.25, -0.2) is 4.98 Å². The molecule has 0 saturated heterocycles. The summed E-state index contributed by atoms with van der Waals surface area (Å²) in [7, 11) is 0. The molecule has 2 aromatic heterocycles. The predicted molar refractivity (Wildman–Crippen MR) is 100 cm³/mol. The fourth-order valence-corrected chi connectivity index (χ4v) is 3.09. The molecular formula is C20H19N3S. The number of rotatable bonds is 6. The van der Waals surface area contributed by atoms with Gasteiger partial charge in [0.05, 0.1) is 6.54 Å². The zero-order valence-corrected chi connectivity index (χ0v) is 14.2. The predicted octanol–water partition coefficient (Wildman–Crippen LogP) is 3.97. The highest BCUT2D eigenvalue weighted by molar-refractivity contribution is 7.12. The molecule has 3 nitrogen and oxygen atoms in total. The fraction of sp³-hybridized carbons (Fsp3) is 0.150. The van der Waals surface area contributed by atoms with Gasteiger partial charge in [0.1, 0.15) is 0 Å². The van der Waals surface area contributed by atoms with Crippen LogP contribution in [0.25, 0.3) is 5.13 Å². The molecule has 0 amide bonds. The molecular weight excluding hydrogens is 314 g/mol. The van der Waals surface area contributed by atoms with Crippen molar-refractivity contribution in [1.82, 2.24) is 14.5 Å². The number of hydrogen-bond acceptors (Lipinski definition) is 3. The van der Waals surface area contributed by atoms with Gasteiger partial charge < -0.3 is 0 Å². The molecule has 1 aromatic carbocycles. The Balaban J connectivity index is 1.70. The highest BCUT2D eigenvalue weighted by Gasteiger charge is 2.09. The summed E-state index contributed by atoms with van der Waals surface area (Å²) in [6.45, 7) is 6.17. The molecule has 3 rings (SSSR count). The average molecular weight is 333 g/mol. The lowest BCUT2D eigenvalue weighted by Gasteiger charge is -2.18. The highest BCUT2D eigenvalue weighted by atomic mass is 32.1. The first-order chi connectivity index (χ1) is 11.9. The molecule has 4 heteroatoms. The van der Waals surface area contributed by atoms with Gasteiger partial charge in [0.25, 0.3) is 0 Å². The second-order valence-corrected chi connectivity index (χ2v) is 6.18. The van der Waals surface area contributed by atoms with Crippen molar-refractivity contribution in [3.63, 3.8) is 0 Å². The first kappa shape index (κ1) is 16.3. The van der Waals surface area contributed by atoms with E-state index in [4.69, 9.17) is 0 Å². The van der Waals surface area contributed by atoms with Crippen LogP contribution in [0.1, 0.15) is 11.3 Å². The van der Waals surface area contributed by atoms with Crippen molar-refractivity contribution >= 4 is 11.3 Å². The minimum atomic E-state index is 0.698. The first-order valence-corrected chi connectivity index (χ1v) is 8.68. The second kappa shape index (κ2) is 8.30. The zero-order valence-electron chi connectivity index (χ0n) is 13.4. The van der Waals surface area contributed by atoms with Crippen LogP contribution in [0.2, 0.25) is 0 Å². The molecule has 0 bridgehead atoms. The summed E-state index contributed by atoms with van der Waals surface area (Å²) in [5.41, 5.74) is 2.25. The largest absolute Gasteiger partial charge is 0.296 e. The topological polar surface area (TPSA) is 21.1 Å². The maximum absolute atomic E-state index is 4.39. The van der Waals surface area contributed by atoms with Gasteiger partial charge >= 0.3 is 0 Å². The monoisotopic (exact) mass is 333 g/mol. The Labute approximate surface area is 146 Å². The molecule has 0 saturated carbocycles. The van der Waals surface area contributed by atoms with Crippen molar-refractivity contribution in [2.45, 2.75) is 6.54 Å². The van der Waals surface area contributed by atoms with Crippen LogP contribution in [0, 0.1) is 11.8 Å². The summed E-state index contributed by atoms with van der Waals surface area (Å²) in [5, 5.41) is 2.98. The summed E-state index contributed by atoms with van der Waals surface area (Å²) in [4.78, 5) is 6.66. The minimum absolute atomic E-state index is 0.698. The van der Waals surface area contributed by atoms with E-state index in [-0.39, 0.29) is 0 Å². The molecule has 0 aliphatic rings. The van der Waals surface area contributed by atoms with E-state index < -0.39 is 0 Å². The molecule has 0 N–H and O–H groups in total. The van der Waals surface area contributed by atoms with E-state index in [0.717, 1.165) is 23.8 Å². The van der Waals surface area contributed by atoms with Crippen LogP contribution < -0.4 is 0 Å². The highest BCUT2D eigenvalue weighted by Crippen LogP contribution is 2.16. The molecule has 2 heterocycles. The standard InChI is InChI=1S/C20H19N3S/c1-2-13-22(14-6-10-18-8-4-3-5-9-18)17-19-11-7-15-23(19)20-21-12-16-24-20/h2-5,7-9,11-12,15-16H,1,13-14,17H2.